The number of methoxy groups -OCH3 is 2. The van der Waals surface area contributed by atoms with Crippen LogP contribution in [0.1, 0.15) is 18.0 Å². The van der Waals surface area contributed by atoms with Gasteiger partial charge in [-0.1, -0.05) is 53.7 Å². The van der Waals surface area contributed by atoms with Gasteiger partial charge in [0.15, 0.2) is 5.41 Å². The van der Waals surface area contributed by atoms with Crippen LogP contribution in [0, 0.1) is 5.41 Å². The second-order valence-corrected chi connectivity index (χ2v) is 8.13. The maximum absolute atomic E-state index is 12.9. The molecule has 0 aliphatic carbocycles. The Labute approximate surface area is 166 Å². The van der Waals surface area contributed by atoms with Gasteiger partial charge in [-0.2, -0.15) is 0 Å². The van der Waals surface area contributed by atoms with Crippen LogP contribution in [0.25, 0.3) is 0 Å². The third-order valence-electron chi connectivity index (χ3n) is 5.25. The van der Waals surface area contributed by atoms with Crippen molar-refractivity contribution in [1.82, 2.24) is 0 Å². The van der Waals surface area contributed by atoms with Crippen LogP contribution in [-0.4, -0.2) is 31.5 Å². The molecule has 7 heteroatoms. The Morgan fingerprint density at radius 1 is 1.11 bits per heavy atom. The van der Waals surface area contributed by atoms with Crippen molar-refractivity contribution in [3.8, 4) is 0 Å². The van der Waals surface area contributed by atoms with Gasteiger partial charge >= 0.3 is 11.9 Å². The van der Waals surface area contributed by atoms with Crippen molar-refractivity contribution >= 4 is 41.0 Å². The molecule has 0 radical (unpaired) electrons. The molecule has 2 atom stereocenters. The summed E-state index contributed by atoms with van der Waals surface area (Å²) in [5.74, 6) is -1.15. The molecule has 0 N–H and O–H groups in total. The van der Waals surface area contributed by atoms with Gasteiger partial charge in [0.1, 0.15) is 5.37 Å². The van der Waals surface area contributed by atoms with Gasteiger partial charge in [0, 0.05) is 16.3 Å². The fourth-order valence-corrected chi connectivity index (χ4v) is 5.74. The molecule has 2 aliphatic rings. The summed E-state index contributed by atoms with van der Waals surface area (Å²) in [7, 11) is 2.60. The van der Waals surface area contributed by atoms with Crippen LogP contribution in [-0.2, 0) is 19.1 Å². The molecule has 0 aromatic heterocycles. The number of hydrogen-bond acceptors (Lipinski definition) is 6. The Kier molecular flexibility index (Phi) is 4.56. The number of thioether (sulfide) groups is 1. The van der Waals surface area contributed by atoms with Gasteiger partial charge in [-0.3, -0.25) is 9.59 Å². The number of anilines is 1. The molecule has 2 heterocycles. The number of fused-ring (bicyclic) bond motifs is 3. The monoisotopic (exact) mass is 403 g/mol. The van der Waals surface area contributed by atoms with Crippen LogP contribution in [0.5, 0.6) is 0 Å². The minimum Gasteiger partial charge on any atom is -0.468 e. The number of carbonyl (C=O) groups excluding carboxylic acids is 2. The molecule has 2 aromatic rings. The van der Waals surface area contributed by atoms with Gasteiger partial charge in [-0.05, 0) is 23.8 Å². The lowest BCUT2D eigenvalue weighted by Crippen LogP contribution is -2.48. The Hall–Kier alpha value is -2.18. The largest absolute Gasteiger partial charge is 0.468 e. The number of rotatable bonds is 3. The normalized spacial score (nSPS) is 22.1. The zero-order valence-electron chi connectivity index (χ0n) is 14.8. The Morgan fingerprint density at radius 3 is 2.41 bits per heavy atom. The summed E-state index contributed by atoms with van der Waals surface area (Å²) in [6.45, 7) is 0. The lowest BCUT2D eigenvalue weighted by atomic mass is 9.83. The highest BCUT2D eigenvalue weighted by atomic mass is 35.5. The molecule has 0 bridgehead atoms. The standard InChI is InChI=1S/C20H18ClNO4S/c1-25-18(23)20(19(24)26-2)11-15(12-6-4-3-5-7-12)22-14-10-13(21)8-9-16(14)27-17(20)22/h3-10,15,17H,11H2,1-2H3/t15-,17+/m0/s1. The lowest BCUT2D eigenvalue weighted by Gasteiger charge is -2.30. The maximum Gasteiger partial charge on any atom is 0.326 e. The summed E-state index contributed by atoms with van der Waals surface area (Å²) in [5.41, 5.74) is 0.520. The summed E-state index contributed by atoms with van der Waals surface area (Å²) < 4.78 is 10.1. The fourth-order valence-electron chi connectivity index (χ4n) is 4.04. The summed E-state index contributed by atoms with van der Waals surface area (Å²) >= 11 is 7.71. The molecule has 0 amide bonds. The van der Waals surface area contributed by atoms with Gasteiger partial charge in [-0.25, -0.2) is 0 Å². The van der Waals surface area contributed by atoms with Gasteiger partial charge in [0.05, 0.1) is 25.9 Å². The van der Waals surface area contributed by atoms with Crippen LogP contribution in [0.3, 0.4) is 0 Å². The highest BCUT2D eigenvalue weighted by molar-refractivity contribution is 8.00. The molecule has 1 fully saturated rings. The zero-order chi connectivity index (χ0) is 19.2. The molecule has 2 aromatic carbocycles. The highest BCUT2D eigenvalue weighted by Crippen LogP contribution is 2.62. The van der Waals surface area contributed by atoms with Gasteiger partial charge in [-0.15, -0.1) is 0 Å². The quantitative estimate of drug-likeness (QED) is 0.569. The first-order chi connectivity index (χ1) is 13.0. The number of halogens is 1. The SMILES string of the molecule is COC(=O)C1(C(=O)OC)C[C@@H](c2ccccc2)N2c3cc(Cl)ccc3S[C@@H]21. The predicted octanol–water partition coefficient (Wildman–Crippen LogP) is 4.06. The molecule has 5 nitrogen and oxygen atoms in total. The van der Waals surface area contributed by atoms with Crippen molar-refractivity contribution in [3.05, 3.63) is 59.1 Å². The second kappa shape index (κ2) is 6.77. The van der Waals surface area contributed by atoms with Crippen LogP contribution in [0.2, 0.25) is 5.02 Å². The van der Waals surface area contributed by atoms with E-state index >= 15 is 0 Å². The van der Waals surface area contributed by atoms with E-state index < -0.39 is 22.7 Å². The van der Waals surface area contributed by atoms with Crippen molar-refractivity contribution in [1.29, 1.82) is 0 Å². The zero-order valence-corrected chi connectivity index (χ0v) is 16.4. The van der Waals surface area contributed by atoms with E-state index in [4.69, 9.17) is 21.1 Å². The van der Waals surface area contributed by atoms with Crippen LogP contribution >= 0.6 is 23.4 Å². The third kappa shape index (κ3) is 2.62. The van der Waals surface area contributed by atoms with E-state index in [2.05, 4.69) is 4.90 Å². The summed E-state index contributed by atoms with van der Waals surface area (Å²) in [5, 5.41) is 0.145. The first kappa shape index (κ1) is 18.2. The maximum atomic E-state index is 12.9. The fraction of sp³-hybridized carbons (Fsp3) is 0.300. The molecule has 140 valence electrons. The van der Waals surface area contributed by atoms with E-state index in [0.29, 0.717) is 5.02 Å². The summed E-state index contributed by atoms with van der Waals surface area (Å²) in [6, 6.07) is 15.3. The Bertz CT molecular complexity index is 888. The number of hydrogen-bond donors (Lipinski definition) is 0. The average molecular weight is 404 g/mol. The van der Waals surface area contributed by atoms with Crippen molar-refractivity contribution in [2.75, 3.05) is 19.1 Å². The number of carbonyl (C=O) groups is 2. The molecule has 0 unspecified atom stereocenters. The van der Waals surface area contributed by atoms with Crippen molar-refractivity contribution in [2.45, 2.75) is 22.7 Å². The topological polar surface area (TPSA) is 55.8 Å². The van der Waals surface area contributed by atoms with Crippen molar-refractivity contribution in [3.63, 3.8) is 0 Å². The molecule has 0 spiro atoms. The molecular formula is C20H18ClNO4S. The van der Waals surface area contributed by atoms with Gasteiger partial charge < -0.3 is 14.4 Å². The van der Waals surface area contributed by atoms with Crippen molar-refractivity contribution < 1.29 is 19.1 Å². The van der Waals surface area contributed by atoms with Gasteiger partial charge in [0.25, 0.3) is 0 Å². The highest BCUT2D eigenvalue weighted by Gasteiger charge is 2.66. The van der Waals surface area contributed by atoms with E-state index in [1.54, 1.807) is 0 Å². The van der Waals surface area contributed by atoms with E-state index in [-0.39, 0.29) is 12.5 Å². The van der Waals surface area contributed by atoms with Crippen LogP contribution in [0.4, 0.5) is 5.69 Å². The molecule has 0 saturated carbocycles. The number of ether oxygens (including phenoxy) is 2. The second-order valence-electron chi connectivity index (χ2n) is 6.57. The molecule has 2 aliphatic heterocycles. The van der Waals surface area contributed by atoms with Crippen LogP contribution < -0.4 is 4.90 Å². The minimum absolute atomic E-state index is 0.179. The number of esters is 2. The number of benzene rings is 2. The van der Waals surface area contributed by atoms with Gasteiger partial charge in [0.2, 0.25) is 0 Å². The summed E-state index contributed by atoms with van der Waals surface area (Å²) in [6.07, 6.45) is 0.278. The molecular weight excluding hydrogens is 386 g/mol. The summed E-state index contributed by atoms with van der Waals surface area (Å²) in [4.78, 5) is 28.9. The number of nitrogens with zero attached hydrogens (tertiary/aromatic N) is 1. The third-order valence-corrected chi connectivity index (χ3v) is 6.93. The molecule has 27 heavy (non-hydrogen) atoms. The Morgan fingerprint density at radius 2 is 1.78 bits per heavy atom. The van der Waals surface area contributed by atoms with E-state index in [1.807, 2.05) is 48.5 Å². The van der Waals surface area contributed by atoms with Crippen LogP contribution in [0.15, 0.2) is 53.4 Å². The molecule has 1 saturated heterocycles. The lowest BCUT2D eigenvalue weighted by molar-refractivity contribution is -0.168. The van der Waals surface area contributed by atoms with E-state index in [9.17, 15) is 9.59 Å². The van der Waals surface area contributed by atoms with E-state index in [1.165, 1.54) is 26.0 Å². The minimum atomic E-state index is -1.42. The first-order valence-electron chi connectivity index (χ1n) is 8.49. The van der Waals surface area contributed by atoms with Crippen molar-refractivity contribution in [2.24, 2.45) is 5.41 Å². The smallest absolute Gasteiger partial charge is 0.326 e. The Balaban J connectivity index is 1.91. The predicted molar refractivity (Wildman–Crippen MR) is 104 cm³/mol. The molecule has 4 rings (SSSR count). The van der Waals surface area contributed by atoms with E-state index in [0.717, 1.165) is 16.1 Å². The first-order valence-corrected chi connectivity index (χ1v) is 9.75. The average Bonchev–Trinajstić information content (AvgIpc) is 3.23.